The molecule has 3 rings (SSSR count). The van der Waals surface area contributed by atoms with E-state index >= 15 is 0 Å². The van der Waals surface area contributed by atoms with Gasteiger partial charge in [-0.2, -0.15) is 0 Å². The van der Waals surface area contributed by atoms with Crippen LogP contribution in [-0.2, 0) is 0 Å². The van der Waals surface area contributed by atoms with Crippen LogP contribution in [0.4, 0.5) is 5.69 Å². The smallest absolute Gasteiger partial charge is 0.120 e. The number of anilines is 1. The summed E-state index contributed by atoms with van der Waals surface area (Å²) in [6.07, 6.45) is 6.49. The minimum Gasteiger partial charge on any atom is -0.497 e. The Balaban J connectivity index is 1.41. The van der Waals surface area contributed by atoms with Crippen molar-refractivity contribution in [3.8, 4) is 5.75 Å². The molecule has 1 aromatic rings. The molecule has 2 aliphatic rings. The van der Waals surface area contributed by atoms with E-state index in [1.807, 2.05) is 6.07 Å². The number of nitrogens with zero attached hydrogens (tertiary/aromatic N) is 2. The summed E-state index contributed by atoms with van der Waals surface area (Å²) < 4.78 is 5.33. The molecule has 2 fully saturated rings. The van der Waals surface area contributed by atoms with Gasteiger partial charge in [0.2, 0.25) is 0 Å². The van der Waals surface area contributed by atoms with Crippen LogP contribution in [-0.4, -0.2) is 50.8 Å². The van der Waals surface area contributed by atoms with Crippen molar-refractivity contribution in [3.05, 3.63) is 24.3 Å². The van der Waals surface area contributed by atoms with Gasteiger partial charge in [0.25, 0.3) is 0 Å². The van der Waals surface area contributed by atoms with Crippen molar-refractivity contribution < 1.29 is 4.74 Å². The first-order chi connectivity index (χ1) is 11.2. The Morgan fingerprint density at radius 2 is 1.83 bits per heavy atom. The van der Waals surface area contributed by atoms with Gasteiger partial charge >= 0.3 is 0 Å². The van der Waals surface area contributed by atoms with Gasteiger partial charge in [0.15, 0.2) is 0 Å². The van der Waals surface area contributed by atoms with Gasteiger partial charge < -0.3 is 15.4 Å². The quantitative estimate of drug-likeness (QED) is 0.907. The third kappa shape index (κ3) is 4.61. The van der Waals surface area contributed by atoms with E-state index in [0.717, 1.165) is 24.8 Å². The molecule has 0 atom stereocenters. The van der Waals surface area contributed by atoms with Crippen molar-refractivity contribution >= 4 is 5.69 Å². The van der Waals surface area contributed by atoms with Crippen LogP contribution in [0, 0.1) is 5.92 Å². The molecule has 1 aliphatic carbocycles. The Morgan fingerprint density at radius 1 is 1.09 bits per heavy atom. The van der Waals surface area contributed by atoms with Crippen molar-refractivity contribution in [2.75, 3.05) is 44.7 Å². The molecule has 1 saturated carbocycles. The maximum absolute atomic E-state index is 6.00. The number of methoxy groups -OCH3 is 1. The van der Waals surface area contributed by atoms with Gasteiger partial charge in [-0.1, -0.05) is 6.07 Å². The summed E-state index contributed by atoms with van der Waals surface area (Å²) in [7, 11) is 1.73. The van der Waals surface area contributed by atoms with Crippen molar-refractivity contribution in [2.24, 2.45) is 11.7 Å². The van der Waals surface area contributed by atoms with Gasteiger partial charge in [0.05, 0.1) is 7.11 Å². The Kier molecular flexibility index (Phi) is 5.79. The molecular formula is C19H31N3O. The van der Waals surface area contributed by atoms with E-state index in [2.05, 4.69) is 28.0 Å². The Bertz CT molecular complexity index is 477. The first-order valence-corrected chi connectivity index (χ1v) is 9.11. The predicted molar refractivity (Wildman–Crippen MR) is 96.2 cm³/mol. The largest absolute Gasteiger partial charge is 0.497 e. The number of benzene rings is 1. The molecule has 1 heterocycles. The van der Waals surface area contributed by atoms with Gasteiger partial charge in [-0.05, 0) is 56.7 Å². The molecule has 0 radical (unpaired) electrons. The third-order valence-electron chi connectivity index (χ3n) is 5.54. The van der Waals surface area contributed by atoms with E-state index in [9.17, 15) is 0 Å². The normalized spacial score (nSPS) is 26.3. The zero-order chi connectivity index (χ0) is 16.1. The van der Waals surface area contributed by atoms with Gasteiger partial charge in [-0.25, -0.2) is 0 Å². The summed E-state index contributed by atoms with van der Waals surface area (Å²) >= 11 is 0. The van der Waals surface area contributed by atoms with E-state index in [-0.39, 0.29) is 0 Å². The van der Waals surface area contributed by atoms with E-state index < -0.39 is 0 Å². The lowest BCUT2D eigenvalue weighted by atomic mass is 9.84. The highest BCUT2D eigenvalue weighted by molar-refractivity contribution is 5.51. The van der Waals surface area contributed by atoms with E-state index in [1.165, 1.54) is 57.4 Å². The van der Waals surface area contributed by atoms with Crippen molar-refractivity contribution in [3.63, 3.8) is 0 Å². The minimum atomic E-state index is 0.470. The lowest BCUT2D eigenvalue weighted by Gasteiger charge is -2.37. The molecular weight excluding hydrogens is 286 g/mol. The Hall–Kier alpha value is -1.26. The maximum atomic E-state index is 6.00. The molecule has 1 aromatic carbocycles. The molecule has 2 N–H and O–H groups in total. The predicted octanol–water partition coefficient (Wildman–Crippen LogP) is 2.72. The average molecular weight is 317 g/mol. The second-order valence-electron chi connectivity index (χ2n) is 7.10. The van der Waals surface area contributed by atoms with Crippen LogP contribution in [0.15, 0.2) is 24.3 Å². The highest BCUT2D eigenvalue weighted by Crippen LogP contribution is 2.26. The topological polar surface area (TPSA) is 41.7 Å². The molecule has 0 aromatic heterocycles. The molecule has 1 saturated heterocycles. The number of ether oxygens (including phenoxy) is 1. The minimum absolute atomic E-state index is 0.470. The van der Waals surface area contributed by atoms with Gasteiger partial charge in [0.1, 0.15) is 5.75 Å². The molecule has 0 spiro atoms. The lowest BCUT2D eigenvalue weighted by Crippen LogP contribution is -2.47. The summed E-state index contributed by atoms with van der Waals surface area (Å²) in [5.41, 5.74) is 7.28. The second kappa shape index (κ2) is 8.02. The molecule has 4 nitrogen and oxygen atoms in total. The van der Waals surface area contributed by atoms with Crippen molar-refractivity contribution in [1.29, 1.82) is 0 Å². The third-order valence-corrected chi connectivity index (χ3v) is 5.54. The number of nitrogens with two attached hydrogens (primary N) is 1. The number of rotatable bonds is 5. The zero-order valence-corrected chi connectivity index (χ0v) is 14.4. The summed E-state index contributed by atoms with van der Waals surface area (Å²) in [6.45, 7) is 5.82. The van der Waals surface area contributed by atoms with Crippen LogP contribution in [0.25, 0.3) is 0 Å². The zero-order valence-electron chi connectivity index (χ0n) is 14.4. The van der Waals surface area contributed by atoms with Gasteiger partial charge in [-0.15, -0.1) is 0 Å². The monoisotopic (exact) mass is 317 g/mol. The van der Waals surface area contributed by atoms with Crippen LogP contribution >= 0.6 is 0 Å². The van der Waals surface area contributed by atoms with Crippen molar-refractivity contribution in [2.45, 2.75) is 38.1 Å². The van der Waals surface area contributed by atoms with Crippen LogP contribution in [0.3, 0.4) is 0 Å². The fraction of sp³-hybridized carbons (Fsp3) is 0.684. The van der Waals surface area contributed by atoms with Crippen molar-refractivity contribution in [1.82, 2.24) is 4.90 Å². The molecule has 23 heavy (non-hydrogen) atoms. The average Bonchev–Trinajstić information content (AvgIpc) is 2.62. The van der Waals surface area contributed by atoms with Gasteiger partial charge in [0, 0.05) is 44.0 Å². The number of piperazine rings is 1. The molecule has 0 bridgehead atoms. The number of hydrogen-bond acceptors (Lipinski definition) is 4. The molecule has 4 heteroatoms. The highest BCUT2D eigenvalue weighted by Gasteiger charge is 2.21. The van der Waals surface area contributed by atoms with Crippen LogP contribution < -0.4 is 15.4 Å². The molecule has 128 valence electrons. The van der Waals surface area contributed by atoms with E-state index in [4.69, 9.17) is 10.5 Å². The standard InChI is InChI=1S/C19H31N3O/c1-23-19-4-2-3-18(15-19)22-13-11-21(12-14-22)10-9-16-5-7-17(20)8-6-16/h2-4,15-17H,5-14,20H2,1H3. The fourth-order valence-corrected chi connectivity index (χ4v) is 3.88. The first kappa shape index (κ1) is 16.6. The first-order valence-electron chi connectivity index (χ1n) is 9.11. The fourth-order valence-electron chi connectivity index (χ4n) is 3.88. The van der Waals surface area contributed by atoms with Gasteiger partial charge in [-0.3, -0.25) is 4.90 Å². The Labute approximate surface area is 140 Å². The molecule has 0 amide bonds. The van der Waals surface area contributed by atoms with E-state index in [1.54, 1.807) is 7.11 Å². The number of hydrogen-bond donors (Lipinski definition) is 1. The second-order valence-corrected chi connectivity index (χ2v) is 7.10. The lowest BCUT2D eigenvalue weighted by molar-refractivity contribution is 0.217. The summed E-state index contributed by atoms with van der Waals surface area (Å²) in [6, 6.07) is 8.88. The Morgan fingerprint density at radius 3 is 2.52 bits per heavy atom. The van der Waals surface area contributed by atoms with Crippen LogP contribution in [0.5, 0.6) is 5.75 Å². The van der Waals surface area contributed by atoms with Crippen LogP contribution in [0.2, 0.25) is 0 Å². The SMILES string of the molecule is COc1cccc(N2CCN(CCC3CCC(N)CC3)CC2)c1. The molecule has 1 aliphatic heterocycles. The summed E-state index contributed by atoms with van der Waals surface area (Å²) in [4.78, 5) is 5.10. The van der Waals surface area contributed by atoms with E-state index in [0.29, 0.717) is 6.04 Å². The van der Waals surface area contributed by atoms with Crippen LogP contribution in [0.1, 0.15) is 32.1 Å². The summed E-state index contributed by atoms with van der Waals surface area (Å²) in [5.74, 6) is 1.85. The highest BCUT2D eigenvalue weighted by atomic mass is 16.5. The maximum Gasteiger partial charge on any atom is 0.120 e. The molecule has 0 unspecified atom stereocenters. The summed E-state index contributed by atoms with van der Waals surface area (Å²) in [5, 5.41) is 0.